The molecule has 0 saturated carbocycles. The molecule has 0 aliphatic carbocycles. The molecule has 3 heteroatoms. The number of nitrogens with zero attached hydrogens (tertiary/aromatic N) is 1. The molecule has 0 N–H and O–H groups in total. The lowest BCUT2D eigenvalue weighted by Gasteiger charge is -2.17. The van der Waals surface area contributed by atoms with Crippen LogP contribution in [0.5, 0.6) is 5.75 Å². The highest BCUT2D eigenvalue weighted by molar-refractivity contribution is 5.72. The fourth-order valence-corrected chi connectivity index (χ4v) is 1.54. The lowest BCUT2D eigenvalue weighted by atomic mass is 10.2. The second-order valence-corrected chi connectivity index (χ2v) is 4.17. The zero-order valence-corrected chi connectivity index (χ0v) is 10.5. The van der Waals surface area contributed by atoms with E-state index in [9.17, 15) is 4.79 Å². The van der Waals surface area contributed by atoms with E-state index in [0.29, 0.717) is 17.8 Å². The number of benzene rings is 2. The van der Waals surface area contributed by atoms with Crippen LogP contribution in [0.3, 0.4) is 0 Å². The fraction of sp³-hybridized carbons (Fsp3) is 0.133. The number of carbonyl (C=O) groups is 1. The van der Waals surface area contributed by atoms with Gasteiger partial charge in [0.25, 0.3) is 0 Å². The predicted molar refractivity (Wildman–Crippen MR) is 71.5 cm³/mol. The molecule has 0 bridgehead atoms. The van der Waals surface area contributed by atoms with Crippen LogP contribution < -0.4 is 9.90 Å². The van der Waals surface area contributed by atoms with Crippen molar-refractivity contribution in [3.63, 3.8) is 0 Å². The zero-order valence-electron chi connectivity index (χ0n) is 10.5. The van der Waals surface area contributed by atoms with Gasteiger partial charge in [-0.25, -0.2) is 0 Å². The first-order chi connectivity index (χ1) is 8.69. The van der Waals surface area contributed by atoms with Crippen molar-refractivity contribution in [2.45, 2.75) is 13.8 Å². The van der Waals surface area contributed by atoms with E-state index < -0.39 is 0 Å². The summed E-state index contributed by atoms with van der Waals surface area (Å²) in [6, 6.07) is 15.1. The van der Waals surface area contributed by atoms with E-state index in [1.165, 1.54) is 5.06 Å². The second kappa shape index (κ2) is 5.36. The molecule has 0 unspecified atom stereocenters. The zero-order chi connectivity index (χ0) is 13.0. The number of carbonyl (C=O) groups excluding carboxylic acids is 1. The van der Waals surface area contributed by atoms with Crippen LogP contribution in [0.4, 0.5) is 5.69 Å². The van der Waals surface area contributed by atoms with Gasteiger partial charge in [-0.1, -0.05) is 35.4 Å². The lowest BCUT2D eigenvalue weighted by Crippen LogP contribution is -2.25. The molecule has 1 amide bonds. The Morgan fingerprint density at radius 3 is 1.89 bits per heavy atom. The Bertz CT molecular complexity index is 517. The van der Waals surface area contributed by atoms with Crippen molar-refractivity contribution in [1.82, 2.24) is 0 Å². The summed E-state index contributed by atoms with van der Waals surface area (Å²) in [5.41, 5.74) is 2.99. The molecule has 18 heavy (non-hydrogen) atoms. The highest BCUT2D eigenvalue weighted by atomic mass is 16.7. The SMILES string of the molecule is Cc1ccc(ON(C=O)c2ccc(C)cc2)cc1. The third-order valence-electron chi connectivity index (χ3n) is 2.61. The maximum atomic E-state index is 11.1. The Kier molecular flexibility index (Phi) is 3.63. The maximum absolute atomic E-state index is 11.1. The highest BCUT2D eigenvalue weighted by Gasteiger charge is 2.06. The normalized spacial score (nSPS) is 9.89. The summed E-state index contributed by atoms with van der Waals surface area (Å²) in [6.45, 7) is 4.00. The molecular weight excluding hydrogens is 226 g/mol. The van der Waals surface area contributed by atoms with E-state index in [-0.39, 0.29) is 0 Å². The fourth-order valence-electron chi connectivity index (χ4n) is 1.54. The number of amides is 1. The summed E-state index contributed by atoms with van der Waals surface area (Å²) in [6.07, 6.45) is 0.657. The number of hydroxylamine groups is 1. The maximum Gasteiger partial charge on any atom is 0.247 e. The molecular formula is C15H15NO2. The van der Waals surface area contributed by atoms with Crippen LogP contribution in [0.2, 0.25) is 0 Å². The van der Waals surface area contributed by atoms with Gasteiger partial charge in [0.1, 0.15) is 0 Å². The minimum absolute atomic E-state index is 0.633. The van der Waals surface area contributed by atoms with Gasteiger partial charge in [0.15, 0.2) is 5.75 Å². The Balaban J connectivity index is 2.16. The molecule has 0 radical (unpaired) electrons. The van der Waals surface area contributed by atoms with E-state index in [1.54, 1.807) is 0 Å². The Morgan fingerprint density at radius 1 is 0.889 bits per heavy atom. The number of rotatable bonds is 4. The Labute approximate surface area is 107 Å². The van der Waals surface area contributed by atoms with Gasteiger partial charge in [-0.3, -0.25) is 4.79 Å². The topological polar surface area (TPSA) is 29.5 Å². The lowest BCUT2D eigenvalue weighted by molar-refractivity contribution is -0.111. The third kappa shape index (κ3) is 2.88. The molecule has 0 fully saturated rings. The van der Waals surface area contributed by atoms with Crippen LogP contribution in [0.25, 0.3) is 0 Å². The molecule has 3 nitrogen and oxygen atoms in total. The van der Waals surface area contributed by atoms with Gasteiger partial charge in [-0.15, -0.1) is 5.06 Å². The molecule has 0 aliphatic rings. The van der Waals surface area contributed by atoms with Crippen molar-refractivity contribution < 1.29 is 9.63 Å². The summed E-state index contributed by atoms with van der Waals surface area (Å²) in [4.78, 5) is 16.6. The van der Waals surface area contributed by atoms with Gasteiger partial charge in [0.2, 0.25) is 6.41 Å². The molecule has 2 aromatic carbocycles. The number of anilines is 1. The first-order valence-corrected chi connectivity index (χ1v) is 5.75. The average molecular weight is 241 g/mol. The van der Waals surface area contributed by atoms with Crippen LogP contribution in [-0.4, -0.2) is 6.41 Å². The van der Waals surface area contributed by atoms with Crippen LogP contribution in [0.15, 0.2) is 48.5 Å². The van der Waals surface area contributed by atoms with E-state index >= 15 is 0 Å². The summed E-state index contributed by atoms with van der Waals surface area (Å²) in [7, 11) is 0. The molecule has 92 valence electrons. The van der Waals surface area contributed by atoms with Gasteiger partial charge in [-0.05, 0) is 38.1 Å². The molecule has 0 heterocycles. The first-order valence-electron chi connectivity index (χ1n) is 5.75. The van der Waals surface area contributed by atoms with E-state index in [4.69, 9.17) is 4.84 Å². The Morgan fingerprint density at radius 2 is 1.39 bits per heavy atom. The Hall–Kier alpha value is -2.29. The second-order valence-electron chi connectivity index (χ2n) is 4.17. The van der Waals surface area contributed by atoms with Crippen LogP contribution in [0.1, 0.15) is 11.1 Å². The van der Waals surface area contributed by atoms with Crippen molar-refractivity contribution in [2.75, 3.05) is 5.06 Å². The summed E-state index contributed by atoms with van der Waals surface area (Å²) < 4.78 is 0. The van der Waals surface area contributed by atoms with Crippen molar-refractivity contribution in [2.24, 2.45) is 0 Å². The van der Waals surface area contributed by atoms with Gasteiger partial charge in [0.05, 0.1) is 5.69 Å². The van der Waals surface area contributed by atoms with Gasteiger partial charge >= 0.3 is 0 Å². The molecule has 0 spiro atoms. The molecule has 0 saturated heterocycles. The van der Waals surface area contributed by atoms with Crippen LogP contribution >= 0.6 is 0 Å². The minimum atomic E-state index is 0.633. The standard InChI is InChI=1S/C15H15NO2/c1-12-3-7-14(8-4-12)16(11-17)18-15-9-5-13(2)6-10-15/h3-11H,1-2H3. The monoisotopic (exact) mass is 241 g/mol. The number of aryl methyl sites for hydroxylation is 2. The quantitative estimate of drug-likeness (QED) is 0.607. The minimum Gasteiger partial charge on any atom is -0.372 e. The first kappa shape index (κ1) is 12.2. The summed E-state index contributed by atoms with van der Waals surface area (Å²) in [5.74, 6) is 0.633. The van der Waals surface area contributed by atoms with Gasteiger partial charge in [0, 0.05) is 0 Å². The van der Waals surface area contributed by atoms with Crippen molar-refractivity contribution in [1.29, 1.82) is 0 Å². The van der Waals surface area contributed by atoms with E-state index in [2.05, 4.69) is 0 Å². The summed E-state index contributed by atoms with van der Waals surface area (Å²) in [5, 5.41) is 1.21. The van der Waals surface area contributed by atoms with Crippen molar-refractivity contribution in [3.8, 4) is 5.75 Å². The molecule has 0 atom stereocenters. The molecule has 0 aromatic heterocycles. The van der Waals surface area contributed by atoms with Crippen LogP contribution in [0, 0.1) is 13.8 Å². The van der Waals surface area contributed by atoms with E-state index in [0.717, 1.165) is 11.1 Å². The largest absolute Gasteiger partial charge is 0.372 e. The van der Waals surface area contributed by atoms with E-state index in [1.807, 2.05) is 62.4 Å². The molecule has 2 aromatic rings. The van der Waals surface area contributed by atoms with Crippen LogP contribution in [-0.2, 0) is 4.79 Å². The predicted octanol–water partition coefficient (Wildman–Crippen LogP) is 3.26. The van der Waals surface area contributed by atoms with Crippen molar-refractivity contribution in [3.05, 3.63) is 59.7 Å². The molecule has 0 aliphatic heterocycles. The third-order valence-corrected chi connectivity index (χ3v) is 2.61. The van der Waals surface area contributed by atoms with Gasteiger partial charge in [-0.2, -0.15) is 0 Å². The molecule has 2 rings (SSSR count). The summed E-state index contributed by atoms with van der Waals surface area (Å²) >= 11 is 0. The smallest absolute Gasteiger partial charge is 0.247 e. The van der Waals surface area contributed by atoms with Gasteiger partial charge < -0.3 is 4.84 Å². The average Bonchev–Trinajstić information content (AvgIpc) is 2.39. The van der Waals surface area contributed by atoms with Crippen molar-refractivity contribution >= 4 is 12.1 Å². The number of hydrogen-bond acceptors (Lipinski definition) is 2. The highest BCUT2D eigenvalue weighted by Crippen LogP contribution is 2.18. The number of hydrogen-bond donors (Lipinski definition) is 0.